The van der Waals surface area contributed by atoms with Gasteiger partial charge in [-0.15, -0.1) is 0 Å². The molecule has 1 saturated carbocycles. The Kier molecular flexibility index (Phi) is 8.81. The first-order valence-electron chi connectivity index (χ1n) is 15.4. The standard InChI is InChI=1S/C38H40N2O2/c41-27-34(29-13-7-3-8-14-29)39-38(42)37(31-17-5-1-2-6-18-31)32-23-21-28(22-24-32)26-40-35-20-12-11-19-33(35)25-36(40)30-15-9-4-10-16-30/h3-4,7-16,19-25,31,34,37,41H,1-2,5-6,17-18,26-27H2,(H,39,42)/t34-,37?/m0/s1. The molecule has 4 nitrogen and oxygen atoms in total. The van der Waals surface area contributed by atoms with E-state index >= 15 is 0 Å². The molecule has 1 heterocycles. The maximum Gasteiger partial charge on any atom is 0.228 e. The highest BCUT2D eigenvalue weighted by Gasteiger charge is 2.31. The van der Waals surface area contributed by atoms with Gasteiger partial charge in [-0.1, -0.05) is 129 Å². The number of amides is 1. The number of para-hydroxylation sites is 1. The third kappa shape index (κ3) is 6.19. The number of aromatic nitrogens is 1. The molecule has 0 spiro atoms. The van der Waals surface area contributed by atoms with Crippen LogP contribution in [0.3, 0.4) is 0 Å². The first-order chi connectivity index (χ1) is 20.7. The Labute approximate surface area is 249 Å². The van der Waals surface area contributed by atoms with Gasteiger partial charge in [-0.3, -0.25) is 4.79 Å². The van der Waals surface area contributed by atoms with E-state index in [-0.39, 0.29) is 18.4 Å². The second-order valence-corrected chi connectivity index (χ2v) is 11.7. The zero-order valence-corrected chi connectivity index (χ0v) is 24.2. The van der Waals surface area contributed by atoms with Gasteiger partial charge in [0.15, 0.2) is 0 Å². The number of nitrogens with one attached hydrogen (secondary N) is 1. The van der Waals surface area contributed by atoms with Gasteiger partial charge in [0.25, 0.3) is 0 Å². The van der Waals surface area contributed by atoms with E-state index in [1.165, 1.54) is 40.6 Å². The molecule has 4 heteroatoms. The van der Waals surface area contributed by atoms with Gasteiger partial charge in [0.05, 0.1) is 18.6 Å². The monoisotopic (exact) mass is 556 g/mol. The minimum atomic E-state index is -0.412. The molecule has 0 radical (unpaired) electrons. The summed E-state index contributed by atoms with van der Waals surface area (Å²) in [6, 6.07) is 39.5. The molecule has 0 saturated heterocycles. The van der Waals surface area contributed by atoms with E-state index in [1.807, 2.05) is 30.3 Å². The molecule has 1 aromatic heterocycles. The minimum absolute atomic E-state index is 0.0142. The SMILES string of the molecule is O=C(N[C@@H](CO)c1ccccc1)C(c1ccc(Cn2c(-c3ccccc3)cc3ccccc32)cc1)C1CCCCCC1. The Morgan fingerprint density at radius 3 is 2.10 bits per heavy atom. The normalized spacial score (nSPS) is 15.6. The summed E-state index contributed by atoms with van der Waals surface area (Å²) in [6.45, 7) is 0.625. The first kappa shape index (κ1) is 28.0. The van der Waals surface area contributed by atoms with Crippen molar-refractivity contribution >= 4 is 16.8 Å². The smallest absolute Gasteiger partial charge is 0.228 e. The Morgan fingerprint density at radius 2 is 1.40 bits per heavy atom. The Bertz CT molecular complexity index is 1580. The van der Waals surface area contributed by atoms with Crippen molar-refractivity contribution in [3.63, 3.8) is 0 Å². The predicted octanol–water partition coefficient (Wildman–Crippen LogP) is 8.26. The summed E-state index contributed by atoms with van der Waals surface area (Å²) in [5.41, 5.74) is 6.81. The third-order valence-electron chi connectivity index (χ3n) is 8.91. The fourth-order valence-electron chi connectivity index (χ4n) is 6.70. The van der Waals surface area contributed by atoms with Crippen molar-refractivity contribution in [1.82, 2.24) is 9.88 Å². The fourth-order valence-corrected chi connectivity index (χ4v) is 6.70. The second-order valence-electron chi connectivity index (χ2n) is 11.7. The second kappa shape index (κ2) is 13.2. The van der Waals surface area contributed by atoms with Gasteiger partial charge in [0.1, 0.15) is 0 Å². The minimum Gasteiger partial charge on any atom is -0.394 e. The number of aliphatic hydroxyl groups excluding tert-OH is 1. The van der Waals surface area contributed by atoms with E-state index in [4.69, 9.17) is 0 Å². The molecule has 1 fully saturated rings. The lowest BCUT2D eigenvalue weighted by molar-refractivity contribution is -0.125. The van der Waals surface area contributed by atoms with Crippen molar-refractivity contribution in [1.29, 1.82) is 0 Å². The van der Waals surface area contributed by atoms with Crippen LogP contribution in [0.15, 0.2) is 115 Å². The highest BCUT2D eigenvalue weighted by atomic mass is 16.3. The summed E-state index contributed by atoms with van der Waals surface area (Å²) in [5.74, 6) is 0.0778. The van der Waals surface area contributed by atoms with Crippen LogP contribution in [0, 0.1) is 5.92 Å². The van der Waals surface area contributed by atoms with E-state index in [1.54, 1.807) is 0 Å². The largest absolute Gasteiger partial charge is 0.394 e. The highest BCUT2D eigenvalue weighted by Crippen LogP contribution is 2.37. The highest BCUT2D eigenvalue weighted by molar-refractivity contribution is 5.87. The van der Waals surface area contributed by atoms with Crippen molar-refractivity contribution < 1.29 is 9.90 Å². The van der Waals surface area contributed by atoms with Crippen LogP contribution in [-0.2, 0) is 11.3 Å². The van der Waals surface area contributed by atoms with Crippen LogP contribution in [0.4, 0.5) is 0 Å². The maximum atomic E-state index is 14.0. The summed E-state index contributed by atoms with van der Waals surface area (Å²) < 4.78 is 2.39. The molecule has 4 aromatic carbocycles. The summed E-state index contributed by atoms with van der Waals surface area (Å²) in [5, 5.41) is 14.6. The summed E-state index contributed by atoms with van der Waals surface area (Å²) in [7, 11) is 0. The molecule has 6 rings (SSSR count). The van der Waals surface area contributed by atoms with E-state index in [9.17, 15) is 9.90 Å². The molecule has 1 aliphatic carbocycles. The van der Waals surface area contributed by atoms with Gasteiger partial charge < -0.3 is 15.0 Å². The average Bonchev–Trinajstić information content (AvgIpc) is 3.19. The number of carbonyl (C=O) groups is 1. The number of nitrogens with zero attached hydrogens (tertiary/aromatic N) is 1. The lowest BCUT2D eigenvalue weighted by Crippen LogP contribution is -2.37. The Balaban J connectivity index is 1.29. The molecule has 1 aliphatic rings. The van der Waals surface area contributed by atoms with E-state index in [0.717, 1.165) is 43.4 Å². The number of hydrogen-bond donors (Lipinski definition) is 2. The zero-order chi connectivity index (χ0) is 28.7. The van der Waals surface area contributed by atoms with Gasteiger partial charge in [-0.2, -0.15) is 0 Å². The number of benzene rings is 4. The number of hydrogen-bond acceptors (Lipinski definition) is 2. The molecule has 1 unspecified atom stereocenters. The number of rotatable bonds is 9. The third-order valence-corrected chi connectivity index (χ3v) is 8.91. The van der Waals surface area contributed by atoms with Gasteiger partial charge in [0, 0.05) is 23.1 Å². The van der Waals surface area contributed by atoms with Crippen LogP contribution in [0.5, 0.6) is 0 Å². The number of fused-ring (bicyclic) bond motifs is 1. The van der Waals surface area contributed by atoms with Crippen molar-refractivity contribution in [2.45, 2.75) is 57.0 Å². The lowest BCUT2D eigenvalue weighted by atomic mass is 9.80. The van der Waals surface area contributed by atoms with Crippen LogP contribution in [0.2, 0.25) is 0 Å². The predicted molar refractivity (Wildman–Crippen MR) is 171 cm³/mol. The average molecular weight is 557 g/mol. The molecule has 2 atom stereocenters. The van der Waals surface area contributed by atoms with Gasteiger partial charge in [-0.05, 0) is 53.1 Å². The van der Waals surface area contributed by atoms with Crippen molar-refractivity contribution in [3.05, 3.63) is 132 Å². The summed E-state index contributed by atoms with van der Waals surface area (Å²) >= 11 is 0. The number of carbonyl (C=O) groups excluding carboxylic acids is 1. The van der Waals surface area contributed by atoms with E-state index in [2.05, 4.69) is 94.8 Å². The molecule has 42 heavy (non-hydrogen) atoms. The van der Waals surface area contributed by atoms with Crippen LogP contribution >= 0.6 is 0 Å². The molecule has 214 valence electrons. The zero-order valence-electron chi connectivity index (χ0n) is 24.2. The number of aliphatic hydroxyl groups is 1. The van der Waals surface area contributed by atoms with Crippen LogP contribution in [0.25, 0.3) is 22.2 Å². The van der Waals surface area contributed by atoms with Crippen LogP contribution < -0.4 is 5.32 Å². The van der Waals surface area contributed by atoms with Crippen molar-refractivity contribution in [2.75, 3.05) is 6.61 Å². The van der Waals surface area contributed by atoms with E-state index in [0.29, 0.717) is 5.92 Å². The molecule has 2 N–H and O–H groups in total. The topological polar surface area (TPSA) is 54.3 Å². The van der Waals surface area contributed by atoms with Gasteiger partial charge in [0.2, 0.25) is 5.91 Å². The summed E-state index contributed by atoms with van der Waals surface area (Å²) in [4.78, 5) is 14.0. The molecule has 5 aromatic rings. The summed E-state index contributed by atoms with van der Waals surface area (Å²) in [6.07, 6.45) is 6.92. The quantitative estimate of drug-likeness (QED) is 0.180. The van der Waals surface area contributed by atoms with Crippen LogP contribution in [0.1, 0.15) is 67.2 Å². The maximum absolute atomic E-state index is 14.0. The van der Waals surface area contributed by atoms with Crippen molar-refractivity contribution in [2.24, 2.45) is 5.92 Å². The molecular weight excluding hydrogens is 516 g/mol. The Hall–Kier alpha value is -4.15. The first-order valence-corrected chi connectivity index (χ1v) is 15.4. The molecule has 0 bridgehead atoms. The lowest BCUT2D eigenvalue weighted by Gasteiger charge is -2.28. The van der Waals surface area contributed by atoms with Crippen molar-refractivity contribution in [3.8, 4) is 11.3 Å². The molecular formula is C38H40N2O2. The molecule has 0 aliphatic heterocycles. The van der Waals surface area contributed by atoms with Crippen LogP contribution in [-0.4, -0.2) is 22.2 Å². The fraction of sp³-hybridized carbons (Fsp3) is 0.289. The van der Waals surface area contributed by atoms with E-state index < -0.39 is 6.04 Å². The van der Waals surface area contributed by atoms with Gasteiger partial charge in [-0.25, -0.2) is 0 Å². The Morgan fingerprint density at radius 1 is 0.762 bits per heavy atom. The molecule has 1 amide bonds. The van der Waals surface area contributed by atoms with Gasteiger partial charge >= 0.3 is 0 Å².